The average Bonchev–Trinajstić information content (AvgIpc) is 2.63. The molecule has 0 spiro atoms. The van der Waals surface area contributed by atoms with Crippen molar-refractivity contribution in [2.24, 2.45) is 0 Å². The standard InChI is InChI=1S/C21H27NO2/c1-17-9-7-8-14-22(17)15-19(23)16-24-21-13-6-5-12-20(21)18-10-3-2-4-11-18/h2-6,10-13,17,19,23H,7-9,14-16H2,1H3/t17-,19+/m0/s1. The van der Waals surface area contributed by atoms with E-state index in [-0.39, 0.29) is 0 Å². The number of ether oxygens (including phenoxy) is 1. The van der Waals surface area contributed by atoms with Crippen molar-refractivity contribution >= 4 is 0 Å². The predicted molar refractivity (Wildman–Crippen MR) is 98.3 cm³/mol. The van der Waals surface area contributed by atoms with E-state index in [4.69, 9.17) is 4.74 Å². The molecular formula is C21H27NO2. The van der Waals surface area contributed by atoms with Gasteiger partial charge in [-0.15, -0.1) is 0 Å². The molecule has 2 atom stereocenters. The van der Waals surface area contributed by atoms with Crippen molar-refractivity contribution in [3.05, 3.63) is 54.6 Å². The molecule has 3 nitrogen and oxygen atoms in total. The zero-order valence-electron chi connectivity index (χ0n) is 14.4. The number of aliphatic hydroxyl groups excluding tert-OH is 1. The van der Waals surface area contributed by atoms with Crippen LogP contribution in [0.2, 0.25) is 0 Å². The minimum Gasteiger partial charge on any atom is -0.490 e. The van der Waals surface area contributed by atoms with Gasteiger partial charge in [-0.1, -0.05) is 55.0 Å². The molecular weight excluding hydrogens is 298 g/mol. The van der Waals surface area contributed by atoms with Gasteiger partial charge in [-0.2, -0.15) is 0 Å². The molecule has 0 saturated carbocycles. The molecule has 0 aliphatic carbocycles. The Bertz CT molecular complexity index is 629. The minimum atomic E-state index is -0.464. The second-order valence-corrected chi connectivity index (χ2v) is 6.67. The van der Waals surface area contributed by atoms with Crippen LogP contribution in [-0.2, 0) is 0 Å². The summed E-state index contributed by atoms with van der Waals surface area (Å²) in [5.41, 5.74) is 2.20. The molecule has 2 aromatic carbocycles. The Kier molecular flexibility index (Phi) is 5.89. The Morgan fingerprint density at radius 2 is 1.83 bits per heavy atom. The van der Waals surface area contributed by atoms with E-state index in [0.29, 0.717) is 19.2 Å². The zero-order chi connectivity index (χ0) is 16.8. The maximum Gasteiger partial charge on any atom is 0.127 e. The first-order valence-electron chi connectivity index (χ1n) is 8.93. The van der Waals surface area contributed by atoms with Gasteiger partial charge in [0, 0.05) is 18.2 Å². The molecule has 1 aliphatic heterocycles. The van der Waals surface area contributed by atoms with Crippen LogP contribution in [0.25, 0.3) is 11.1 Å². The van der Waals surface area contributed by atoms with Gasteiger partial charge in [0.25, 0.3) is 0 Å². The van der Waals surface area contributed by atoms with Gasteiger partial charge < -0.3 is 9.84 Å². The number of benzene rings is 2. The molecule has 0 radical (unpaired) electrons. The molecule has 0 aromatic heterocycles. The van der Waals surface area contributed by atoms with E-state index in [1.165, 1.54) is 19.3 Å². The Hall–Kier alpha value is -1.84. The number of rotatable bonds is 6. The van der Waals surface area contributed by atoms with Gasteiger partial charge in [0.15, 0.2) is 0 Å². The third-order valence-electron chi connectivity index (χ3n) is 4.79. The molecule has 2 aromatic rings. The third kappa shape index (κ3) is 4.37. The number of β-amino-alcohol motifs (C(OH)–C–C–N with tert-alkyl or cyclic N) is 1. The van der Waals surface area contributed by atoms with Gasteiger partial charge in [0.05, 0.1) is 0 Å². The van der Waals surface area contributed by atoms with Crippen LogP contribution in [-0.4, -0.2) is 41.8 Å². The van der Waals surface area contributed by atoms with Crippen LogP contribution in [0.3, 0.4) is 0 Å². The number of hydrogen-bond acceptors (Lipinski definition) is 3. The highest BCUT2D eigenvalue weighted by Gasteiger charge is 2.21. The van der Waals surface area contributed by atoms with E-state index in [0.717, 1.165) is 23.4 Å². The van der Waals surface area contributed by atoms with E-state index in [1.54, 1.807) is 0 Å². The van der Waals surface area contributed by atoms with Crippen LogP contribution < -0.4 is 4.74 Å². The first kappa shape index (κ1) is 17.0. The molecule has 1 aliphatic rings. The van der Waals surface area contributed by atoms with Crippen LogP contribution in [0.4, 0.5) is 0 Å². The van der Waals surface area contributed by atoms with Crippen molar-refractivity contribution in [2.45, 2.75) is 38.3 Å². The summed E-state index contributed by atoms with van der Waals surface area (Å²) in [7, 11) is 0. The fourth-order valence-electron chi connectivity index (χ4n) is 3.39. The van der Waals surface area contributed by atoms with Crippen molar-refractivity contribution < 1.29 is 9.84 Å². The normalized spacial score (nSPS) is 19.8. The zero-order valence-corrected chi connectivity index (χ0v) is 14.4. The maximum absolute atomic E-state index is 10.4. The lowest BCUT2D eigenvalue weighted by Gasteiger charge is -2.34. The molecule has 3 heteroatoms. The van der Waals surface area contributed by atoms with E-state index in [1.807, 2.05) is 36.4 Å². The summed E-state index contributed by atoms with van der Waals surface area (Å²) in [6.45, 7) is 4.35. The Morgan fingerprint density at radius 3 is 2.62 bits per heavy atom. The van der Waals surface area contributed by atoms with Crippen molar-refractivity contribution in [3.8, 4) is 16.9 Å². The highest BCUT2D eigenvalue weighted by atomic mass is 16.5. The summed E-state index contributed by atoms with van der Waals surface area (Å²) in [6, 6.07) is 18.8. The van der Waals surface area contributed by atoms with Gasteiger partial charge in [-0.3, -0.25) is 4.90 Å². The molecule has 0 bridgehead atoms. The summed E-state index contributed by atoms with van der Waals surface area (Å²) in [6.07, 6.45) is 3.29. The van der Waals surface area contributed by atoms with E-state index in [9.17, 15) is 5.11 Å². The van der Waals surface area contributed by atoms with Crippen molar-refractivity contribution in [1.29, 1.82) is 0 Å². The summed E-state index contributed by atoms with van der Waals surface area (Å²) < 4.78 is 5.95. The molecule has 1 fully saturated rings. The first-order chi connectivity index (χ1) is 11.7. The second-order valence-electron chi connectivity index (χ2n) is 6.67. The quantitative estimate of drug-likeness (QED) is 0.872. The lowest BCUT2D eigenvalue weighted by molar-refractivity contribution is 0.0439. The average molecular weight is 325 g/mol. The van der Waals surface area contributed by atoms with E-state index < -0.39 is 6.10 Å². The minimum absolute atomic E-state index is 0.326. The first-order valence-corrected chi connectivity index (χ1v) is 8.93. The second kappa shape index (κ2) is 8.32. The molecule has 0 amide bonds. The molecule has 1 saturated heterocycles. The van der Waals surface area contributed by atoms with Gasteiger partial charge in [0.2, 0.25) is 0 Å². The summed E-state index contributed by atoms with van der Waals surface area (Å²) >= 11 is 0. The fourth-order valence-corrected chi connectivity index (χ4v) is 3.39. The number of hydrogen-bond donors (Lipinski definition) is 1. The highest BCUT2D eigenvalue weighted by molar-refractivity contribution is 5.70. The topological polar surface area (TPSA) is 32.7 Å². The van der Waals surface area contributed by atoms with Crippen LogP contribution >= 0.6 is 0 Å². The largest absolute Gasteiger partial charge is 0.490 e. The number of aliphatic hydroxyl groups is 1. The molecule has 0 unspecified atom stereocenters. The lowest BCUT2D eigenvalue weighted by Crippen LogP contribution is -2.43. The van der Waals surface area contributed by atoms with Crippen LogP contribution in [0, 0.1) is 0 Å². The van der Waals surface area contributed by atoms with Crippen molar-refractivity contribution in [2.75, 3.05) is 19.7 Å². The third-order valence-corrected chi connectivity index (χ3v) is 4.79. The Morgan fingerprint density at radius 1 is 1.08 bits per heavy atom. The monoisotopic (exact) mass is 325 g/mol. The maximum atomic E-state index is 10.4. The summed E-state index contributed by atoms with van der Waals surface area (Å²) in [5, 5.41) is 10.4. The van der Waals surface area contributed by atoms with E-state index >= 15 is 0 Å². The summed E-state index contributed by atoms with van der Waals surface area (Å²) in [4.78, 5) is 2.38. The van der Waals surface area contributed by atoms with Crippen molar-refractivity contribution in [3.63, 3.8) is 0 Å². The van der Waals surface area contributed by atoms with Gasteiger partial charge >= 0.3 is 0 Å². The number of likely N-dealkylation sites (tertiary alicyclic amines) is 1. The van der Waals surface area contributed by atoms with Gasteiger partial charge in [-0.05, 0) is 37.9 Å². The number of para-hydroxylation sites is 1. The molecule has 1 N–H and O–H groups in total. The SMILES string of the molecule is C[C@H]1CCCCN1C[C@@H](O)COc1ccccc1-c1ccccc1. The molecule has 24 heavy (non-hydrogen) atoms. The Balaban J connectivity index is 1.60. The van der Waals surface area contributed by atoms with Crippen LogP contribution in [0.1, 0.15) is 26.2 Å². The lowest BCUT2D eigenvalue weighted by atomic mass is 10.0. The number of piperidine rings is 1. The van der Waals surface area contributed by atoms with Crippen molar-refractivity contribution in [1.82, 2.24) is 4.90 Å². The van der Waals surface area contributed by atoms with E-state index in [2.05, 4.69) is 30.0 Å². The van der Waals surface area contributed by atoms with Gasteiger partial charge in [0.1, 0.15) is 18.5 Å². The fraction of sp³-hybridized carbons (Fsp3) is 0.429. The molecule has 128 valence electrons. The highest BCUT2D eigenvalue weighted by Crippen LogP contribution is 2.29. The summed E-state index contributed by atoms with van der Waals surface area (Å²) in [5.74, 6) is 0.828. The van der Waals surface area contributed by atoms with Gasteiger partial charge in [-0.25, -0.2) is 0 Å². The predicted octanol–water partition coefficient (Wildman–Crippen LogP) is 3.97. The molecule has 3 rings (SSSR count). The number of nitrogens with zero attached hydrogens (tertiary/aromatic N) is 1. The van der Waals surface area contributed by atoms with Crippen LogP contribution in [0.15, 0.2) is 54.6 Å². The molecule has 1 heterocycles. The smallest absolute Gasteiger partial charge is 0.127 e. The Labute approximate surface area is 144 Å². The van der Waals surface area contributed by atoms with Crippen LogP contribution in [0.5, 0.6) is 5.75 Å².